The summed E-state index contributed by atoms with van der Waals surface area (Å²) in [5.74, 6) is -0.865. The first-order valence-corrected chi connectivity index (χ1v) is 5.41. The molecule has 20 heavy (non-hydrogen) atoms. The molecule has 9 heteroatoms. The number of nitrogens with zero attached hydrogens (tertiary/aromatic N) is 2. The SMILES string of the molecule is O=C(O)c1cnn2cc(OCCOC(F)(F)F)ccc12. The van der Waals surface area contributed by atoms with Crippen molar-refractivity contribution in [2.75, 3.05) is 13.2 Å². The Kier molecular flexibility index (Phi) is 3.79. The number of ether oxygens (including phenoxy) is 2. The number of alkyl halides is 3. The van der Waals surface area contributed by atoms with Gasteiger partial charge in [-0.05, 0) is 12.1 Å². The number of fused-ring (bicyclic) bond motifs is 1. The Morgan fingerprint density at radius 3 is 2.75 bits per heavy atom. The number of rotatable bonds is 5. The predicted molar refractivity (Wildman–Crippen MR) is 59.7 cm³/mol. The summed E-state index contributed by atoms with van der Waals surface area (Å²) in [6.45, 7) is -0.931. The maximum Gasteiger partial charge on any atom is 0.522 e. The number of aromatic nitrogens is 2. The lowest BCUT2D eigenvalue weighted by molar-refractivity contribution is -0.325. The summed E-state index contributed by atoms with van der Waals surface area (Å²) in [7, 11) is 0. The van der Waals surface area contributed by atoms with Crippen LogP contribution in [0.4, 0.5) is 13.2 Å². The number of pyridine rings is 1. The molecular formula is C11H9F3N2O4. The number of hydrogen-bond acceptors (Lipinski definition) is 4. The van der Waals surface area contributed by atoms with Gasteiger partial charge in [-0.15, -0.1) is 13.2 Å². The van der Waals surface area contributed by atoms with Crippen molar-refractivity contribution < 1.29 is 32.5 Å². The summed E-state index contributed by atoms with van der Waals surface area (Å²) in [4.78, 5) is 10.9. The molecule has 0 aliphatic heterocycles. The minimum absolute atomic E-state index is 0.0250. The third kappa shape index (κ3) is 3.38. The second-order valence-corrected chi connectivity index (χ2v) is 3.70. The van der Waals surface area contributed by atoms with Crippen LogP contribution in [0.2, 0.25) is 0 Å². The molecule has 0 atom stereocenters. The van der Waals surface area contributed by atoms with E-state index >= 15 is 0 Å². The van der Waals surface area contributed by atoms with Crippen molar-refractivity contribution in [2.24, 2.45) is 0 Å². The fourth-order valence-corrected chi connectivity index (χ4v) is 1.53. The molecule has 0 spiro atoms. The minimum atomic E-state index is -4.69. The largest absolute Gasteiger partial charge is 0.522 e. The molecule has 2 aromatic heterocycles. The fourth-order valence-electron chi connectivity index (χ4n) is 1.53. The maximum atomic E-state index is 11.7. The van der Waals surface area contributed by atoms with Gasteiger partial charge in [0.2, 0.25) is 0 Å². The first-order valence-electron chi connectivity index (χ1n) is 5.41. The second-order valence-electron chi connectivity index (χ2n) is 3.70. The van der Waals surface area contributed by atoms with E-state index in [2.05, 4.69) is 9.84 Å². The van der Waals surface area contributed by atoms with Crippen molar-refractivity contribution in [3.8, 4) is 5.75 Å². The highest BCUT2D eigenvalue weighted by atomic mass is 19.4. The van der Waals surface area contributed by atoms with E-state index in [9.17, 15) is 18.0 Å². The highest BCUT2D eigenvalue weighted by Gasteiger charge is 2.28. The fraction of sp³-hybridized carbons (Fsp3) is 0.273. The van der Waals surface area contributed by atoms with Crippen molar-refractivity contribution >= 4 is 11.5 Å². The zero-order chi connectivity index (χ0) is 14.8. The Morgan fingerprint density at radius 1 is 1.35 bits per heavy atom. The van der Waals surface area contributed by atoms with E-state index in [4.69, 9.17) is 9.84 Å². The maximum absolute atomic E-state index is 11.7. The highest BCUT2D eigenvalue weighted by Crippen LogP contribution is 2.18. The first-order chi connectivity index (χ1) is 9.37. The summed E-state index contributed by atoms with van der Waals surface area (Å²) in [5.41, 5.74) is 0.383. The number of carboxylic acids is 1. The molecule has 0 radical (unpaired) electrons. The molecule has 2 aromatic rings. The van der Waals surface area contributed by atoms with Gasteiger partial charge in [-0.3, -0.25) is 4.74 Å². The molecule has 0 fully saturated rings. The predicted octanol–water partition coefficient (Wildman–Crippen LogP) is 1.95. The monoisotopic (exact) mass is 290 g/mol. The molecule has 108 valence electrons. The van der Waals surface area contributed by atoms with Crippen LogP contribution in [0.3, 0.4) is 0 Å². The average Bonchev–Trinajstić information content (AvgIpc) is 2.76. The summed E-state index contributed by atoms with van der Waals surface area (Å²) < 4.78 is 45.0. The smallest absolute Gasteiger partial charge is 0.490 e. The molecular weight excluding hydrogens is 281 g/mol. The van der Waals surface area contributed by atoms with Crippen LogP contribution in [0.5, 0.6) is 5.75 Å². The number of hydrogen-bond donors (Lipinski definition) is 1. The zero-order valence-corrected chi connectivity index (χ0v) is 9.92. The molecule has 0 saturated carbocycles. The topological polar surface area (TPSA) is 73.1 Å². The van der Waals surface area contributed by atoms with Crippen molar-refractivity contribution in [1.29, 1.82) is 0 Å². The third-order valence-electron chi connectivity index (χ3n) is 2.34. The lowest BCUT2D eigenvalue weighted by atomic mass is 10.2. The Labute approximate surface area is 110 Å². The average molecular weight is 290 g/mol. The molecule has 0 saturated heterocycles. The molecule has 0 bridgehead atoms. The van der Waals surface area contributed by atoms with E-state index in [1.54, 1.807) is 0 Å². The van der Waals surface area contributed by atoms with Crippen LogP contribution in [0.15, 0.2) is 24.5 Å². The van der Waals surface area contributed by atoms with E-state index < -0.39 is 18.9 Å². The molecule has 0 amide bonds. The van der Waals surface area contributed by atoms with Gasteiger partial charge in [0.15, 0.2) is 0 Å². The van der Waals surface area contributed by atoms with Gasteiger partial charge in [0.25, 0.3) is 0 Å². The lowest BCUT2D eigenvalue weighted by Gasteiger charge is -2.09. The Hall–Kier alpha value is -2.29. The summed E-state index contributed by atoms with van der Waals surface area (Å²) in [6.07, 6.45) is -2.14. The highest BCUT2D eigenvalue weighted by molar-refractivity contribution is 5.95. The van der Waals surface area contributed by atoms with Gasteiger partial charge < -0.3 is 9.84 Å². The standard InChI is InChI=1S/C11H9F3N2O4/c12-11(13,14)20-4-3-19-7-1-2-9-8(10(17)18)5-15-16(9)6-7/h1-2,5-6H,3-4H2,(H,17,18). The van der Waals surface area contributed by atoms with Gasteiger partial charge in [-0.2, -0.15) is 5.10 Å². The Bertz CT molecular complexity index is 624. The van der Waals surface area contributed by atoms with Crippen molar-refractivity contribution in [1.82, 2.24) is 9.61 Å². The van der Waals surface area contributed by atoms with Gasteiger partial charge in [0.1, 0.15) is 17.9 Å². The van der Waals surface area contributed by atoms with Gasteiger partial charge >= 0.3 is 12.3 Å². The third-order valence-corrected chi connectivity index (χ3v) is 2.34. The van der Waals surface area contributed by atoms with E-state index in [1.807, 2.05) is 0 Å². The van der Waals surface area contributed by atoms with Crippen molar-refractivity contribution in [3.63, 3.8) is 0 Å². The lowest BCUT2D eigenvalue weighted by Crippen LogP contribution is -2.18. The quantitative estimate of drug-likeness (QED) is 0.852. The van der Waals surface area contributed by atoms with Gasteiger partial charge in [0.05, 0.1) is 24.5 Å². The number of aromatic carboxylic acids is 1. The van der Waals surface area contributed by atoms with E-state index in [-0.39, 0.29) is 17.9 Å². The van der Waals surface area contributed by atoms with E-state index in [0.29, 0.717) is 5.52 Å². The van der Waals surface area contributed by atoms with Crippen LogP contribution in [-0.4, -0.2) is 40.3 Å². The summed E-state index contributed by atoms with van der Waals surface area (Å²) in [6, 6.07) is 2.90. The van der Waals surface area contributed by atoms with Gasteiger partial charge in [-0.25, -0.2) is 9.31 Å². The number of halogens is 3. The molecule has 6 nitrogen and oxygen atoms in total. The second kappa shape index (κ2) is 5.37. The van der Waals surface area contributed by atoms with Crippen LogP contribution in [0.25, 0.3) is 5.52 Å². The Balaban J connectivity index is 2.00. The van der Waals surface area contributed by atoms with E-state index in [0.717, 1.165) is 0 Å². The Morgan fingerprint density at radius 2 is 2.10 bits per heavy atom. The van der Waals surface area contributed by atoms with Gasteiger partial charge in [0, 0.05) is 0 Å². The van der Waals surface area contributed by atoms with Crippen molar-refractivity contribution in [2.45, 2.75) is 6.36 Å². The number of carboxylic acid groups (broad SMARTS) is 1. The number of carbonyl (C=O) groups is 1. The molecule has 0 unspecified atom stereocenters. The summed E-state index contributed by atoms with van der Waals surface area (Å²) in [5, 5.41) is 12.7. The molecule has 1 N–H and O–H groups in total. The van der Waals surface area contributed by atoms with Crippen LogP contribution in [0, 0.1) is 0 Å². The molecule has 0 aromatic carbocycles. The van der Waals surface area contributed by atoms with Crippen LogP contribution in [0.1, 0.15) is 10.4 Å². The zero-order valence-electron chi connectivity index (χ0n) is 9.92. The normalized spacial score (nSPS) is 11.8. The van der Waals surface area contributed by atoms with Crippen molar-refractivity contribution in [3.05, 3.63) is 30.1 Å². The van der Waals surface area contributed by atoms with Crippen LogP contribution in [-0.2, 0) is 4.74 Å². The minimum Gasteiger partial charge on any atom is -0.490 e. The van der Waals surface area contributed by atoms with Crippen LogP contribution >= 0.6 is 0 Å². The molecule has 2 heterocycles. The molecule has 0 aliphatic rings. The van der Waals surface area contributed by atoms with E-state index in [1.165, 1.54) is 29.0 Å². The van der Waals surface area contributed by atoms with Crippen LogP contribution < -0.4 is 4.74 Å². The molecule has 2 rings (SSSR count). The van der Waals surface area contributed by atoms with Gasteiger partial charge in [-0.1, -0.05) is 0 Å². The molecule has 0 aliphatic carbocycles. The first kappa shape index (κ1) is 14.1. The summed E-state index contributed by atoms with van der Waals surface area (Å²) >= 11 is 0.